The molecule has 69 valence electrons. The molecule has 0 heterocycles. The minimum Gasteiger partial charge on any atom is -0.427 e. The van der Waals surface area contributed by atoms with E-state index in [2.05, 4.69) is 6.92 Å². The summed E-state index contributed by atoms with van der Waals surface area (Å²) in [6.07, 6.45) is 0.914. The highest BCUT2D eigenvalue weighted by Crippen LogP contribution is 2.17. The molecule has 0 amide bonds. The Morgan fingerprint density at radius 3 is 2.69 bits per heavy atom. The predicted octanol–water partition coefficient (Wildman–Crippen LogP) is 2.36. The van der Waals surface area contributed by atoms with Gasteiger partial charge in [0.15, 0.2) is 0 Å². The average Bonchev–Trinajstić information content (AvgIpc) is 2.01. The van der Waals surface area contributed by atoms with Crippen LogP contribution in [0.4, 0.5) is 0 Å². The fraction of sp³-hybridized carbons (Fsp3) is 0.273. The molecule has 0 saturated carbocycles. The van der Waals surface area contributed by atoms with Gasteiger partial charge in [0.05, 0.1) is 0 Å². The van der Waals surface area contributed by atoms with Crippen LogP contribution < -0.4 is 4.74 Å². The van der Waals surface area contributed by atoms with Gasteiger partial charge < -0.3 is 4.74 Å². The first kappa shape index (κ1) is 9.78. The molecule has 0 atom stereocenters. The van der Waals surface area contributed by atoms with Gasteiger partial charge in [-0.05, 0) is 36.6 Å². The van der Waals surface area contributed by atoms with Crippen LogP contribution in [-0.2, 0) is 11.2 Å². The number of carbonyl (C=O) groups excluding carboxylic acids is 1. The van der Waals surface area contributed by atoms with E-state index in [0.717, 1.165) is 17.5 Å². The predicted molar refractivity (Wildman–Crippen MR) is 51.6 cm³/mol. The highest BCUT2D eigenvalue weighted by Gasteiger charge is 2.00. The van der Waals surface area contributed by atoms with Crippen LogP contribution in [0.5, 0.6) is 5.75 Å². The van der Waals surface area contributed by atoms with Crippen molar-refractivity contribution < 1.29 is 9.53 Å². The van der Waals surface area contributed by atoms with Crippen LogP contribution in [0, 0.1) is 6.92 Å². The molecule has 2 heteroatoms. The fourth-order valence-corrected chi connectivity index (χ4v) is 1.16. The number of ether oxygens (including phenoxy) is 1. The Hall–Kier alpha value is -1.31. The topological polar surface area (TPSA) is 26.3 Å². The van der Waals surface area contributed by atoms with E-state index in [0.29, 0.717) is 5.75 Å². The Labute approximate surface area is 78.5 Å². The lowest BCUT2D eigenvalue weighted by atomic mass is 10.1. The van der Waals surface area contributed by atoms with Crippen LogP contribution >= 0.6 is 0 Å². The molecule has 1 aromatic rings. The van der Waals surface area contributed by atoms with Crippen molar-refractivity contribution in [2.24, 2.45) is 0 Å². The zero-order valence-electron chi connectivity index (χ0n) is 7.96. The molecule has 13 heavy (non-hydrogen) atoms. The van der Waals surface area contributed by atoms with Gasteiger partial charge >= 0.3 is 5.97 Å². The van der Waals surface area contributed by atoms with Gasteiger partial charge in [-0.3, -0.25) is 4.79 Å². The third-order valence-electron chi connectivity index (χ3n) is 1.70. The Kier molecular flexibility index (Phi) is 3.07. The maximum Gasteiger partial charge on any atom is 0.308 e. The van der Waals surface area contributed by atoms with E-state index in [1.165, 1.54) is 6.92 Å². The lowest BCUT2D eigenvalue weighted by Crippen LogP contribution is -2.01. The van der Waals surface area contributed by atoms with Crippen LogP contribution in [0.1, 0.15) is 25.0 Å². The Bertz CT molecular complexity index is 316. The Morgan fingerprint density at radius 2 is 2.15 bits per heavy atom. The number of hydrogen-bond donors (Lipinski definition) is 0. The van der Waals surface area contributed by atoms with Gasteiger partial charge in [0.2, 0.25) is 0 Å². The minimum absolute atomic E-state index is 0.298. The quantitative estimate of drug-likeness (QED) is 0.512. The largest absolute Gasteiger partial charge is 0.427 e. The van der Waals surface area contributed by atoms with Crippen molar-refractivity contribution >= 4 is 5.97 Å². The van der Waals surface area contributed by atoms with Crippen LogP contribution in [0.25, 0.3) is 0 Å². The molecular formula is C11H13O2. The Morgan fingerprint density at radius 1 is 1.46 bits per heavy atom. The summed E-state index contributed by atoms with van der Waals surface area (Å²) < 4.78 is 4.96. The highest BCUT2D eigenvalue weighted by atomic mass is 16.5. The van der Waals surface area contributed by atoms with Crippen molar-refractivity contribution in [1.29, 1.82) is 0 Å². The summed E-state index contributed by atoms with van der Waals surface area (Å²) in [5.41, 5.74) is 2.00. The van der Waals surface area contributed by atoms with Crippen LogP contribution in [0.2, 0.25) is 0 Å². The SMILES string of the molecule is [CH2]c1cc(CC)cc(OC(C)=O)c1. The first-order valence-electron chi connectivity index (χ1n) is 4.26. The monoisotopic (exact) mass is 177 g/mol. The second-order valence-electron chi connectivity index (χ2n) is 2.93. The van der Waals surface area contributed by atoms with Gasteiger partial charge in [-0.25, -0.2) is 0 Å². The molecule has 1 radical (unpaired) electrons. The molecule has 0 aliphatic rings. The molecule has 0 fully saturated rings. The van der Waals surface area contributed by atoms with E-state index in [1.807, 2.05) is 19.1 Å². The lowest BCUT2D eigenvalue weighted by molar-refractivity contribution is -0.131. The van der Waals surface area contributed by atoms with Crippen molar-refractivity contribution in [2.45, 2.75) is 20.3 Å². The molecule has 1 rings (SSSR count). The molecular weight excluding hydrogens is 164 g/mol. The standard InChI is InChI=1S/C11H13O2/c1-4-10-5-8(2)6-11(7-10)13-9(3)12/h5-7H,2,4H2,1,3H3. The van der Waals surface area contributed by atoms with Gasteiger partial charge in [-0.2, -0.15) is 0 Å². The molecule has 0 unspecified atom stereocenters. The molecule has 0 spiro atoms. The van der Waals surface area contributed by atoms with Crippen LogP contribution in [0.3, 0.4) is 0 Å². The average molecular weight is 177 g/mol. The molecule has 0 aromatic heterocycles. The highest BCUT2D eigenvalue weighted by molar-refractivity contribution is 5.69. The Balaban J connectivity index is 2.94. The number of benzene rings is 1. The zero-order valence-corrected chi connectivity index (χ0v) is 7.96. The van der Waals surface area contributed by atoms with Crippen molar-refractivity contribution in [3.8, 4) is 5.75 Å². The van der Waals surface area contributed by atoms with Gasteiger partial charge in [-0.1, -0.05) is 13.0 Å². The van der Waals surface area contributed by atoms with E-state index < -0.39 is 0 Å². The van der Waals surface area contributed by atoms with E-state index in [9.17, 15) is 4.79 Å². The summed E-state index contributed by atoms with van der Waals surface area (Å²) in [4.78, 5) is 10.7. The normalized spacial score (nSPS) is 9.77. The van der Waals surface area contributed by atoms with E-state index in [4.69, 9.17) is 4.74 Å². The lowest BCUT2D eigenvalue weighted by Gasteiger charge is -2.04. The summed E-state index contributed by atoms with van der Waals surface area (Å²) in [6, 6.07) is 5.59. The molecule has 0 aliphatic heterocycles. The number of rotatable bonds is 2. The molecule has 0 N–H and O–H groups in total. The van der Waals surface area contributed by atoms with Crippen molar-refractivity contribution in [3.05, 3.63) is 36.2 Å². The summed E-state index contributed by atoms with van der Waals surface area (Å²) in [5, 5.41) is 0. The third-order valence-corrected chi connectivity index (χ3v) is 1.70. The van der Waals surface area contributed by atoms with Gasteiger partial charge in [-0.15, -0.1) is 0 Å². The van der Waals surface area contributed by atoms with Gasteiger partial charge in [0, 0.05) is 6.92 Å². The van der Waals surface area contributed by atoms with Crippen LogP contribution in [-0.4, -0.2) is 5.97 Å². The number of hydrogen-bond acceptors (Lipinski definition) is 2. The molecule has 0 aliphatic carbocycles. The van der Waals surface area contributed by atoms with E-state index in [-0.39, 0.29) is 5.97 Å². The molecule has 2 nitrogen and oxygen atoms in total. The summed E-state index contributed by atoms with van der Waals surface area (Å²) in [5.74, 6) is 0.282. The summed E-state index contributed by atoms with van der Waals surface area (Å²) in [6.45, 7) is 7.24. The molecule has 1 aromatic carbocycles. The second kappa shape index (κ2) is 4.08. The van der Waals surface area contributed by atoms with Gasteiger partial charge in [0.1, 0.15) is 5.75 Å². The molecule has 0 bridgehead atoms. The maximum atomic E-state index is 10.7. The fourth-order valence-electron chi connectivity index (χ4n) is 1.16. The first-order valence-corrected chi connectivity index (χ1v) is 4.26. The first-order chi connectivity index (χ1) is 6.11. The minimum atomic E-state index is -0.298. The smallest absolute Gasteiger partial charge is 0.308 e. The van der Waals surface area contributed by atoms with E-state index in [1.54, 1.807) is 6.07 Å². The second-order valence-corrected chi connectivity index (χ2v) is 2.93. The number of carbonyl (C=O) groups is 1. The summed E-state index contributed by atoms with van der Waals surface area (Å²) >= 11 is 0. The molecule has 0 saturated heterocycles. The number of esters is 1. The maximum absolute atomic E-state index is 10.7. The van der Waals surface area contributed by atoms with Crippen molar-refractivity contribution in [1.82, 2.24) is 0 Å². The van der Waals surface area contributed by atoms with Gasteiger partial charge in [0.25, 0.3) is 0 Å². The third kappa shape index (κ3) is 2.90. The zero-order chi connectivity index (χ0) is 9.84. The summed E-state index contributed by atoms with van der Waals surface area (Å²) in [7, 11) is 0. The number of aryl methyl sites for hydroxylation is 1. The van der Waals surface area contributed by atoms with Crippen molar-refractivity contribution in [3.63, 3.8) is 0 Å². The van der Waals surface area contributed by atoms with E-state index >= 15 is 0 Å². The van der Waals surface area contributed by atoms with Crippen molar-refractivity contribution in [2.75, 3.05) is 0 Å². The van der Waals surface area contributed by atoms with Crippen LogP contribution in [0.15, 0.2) is 18.2 Å².